The van der Waals surface area contributed by atoms with Crippen LogP contribution in [0.25, 0.3) is 0 Å². The molecule has 1 aromatic carbocycles. The van der Waals surface area contributed by atoms with E-state index in [1.807, 2.05) is 0 Å². The lowest BCUT2D eigenvalue weighted by molar-refractivity contribution is -0.105. The zero-order chi connectivity index (χ0) is 15.5. The van der Waals surface area contributed by atoms with E-state index in [1.54, 1.807) is 6.92 Å². The average molecular weight is 333 g/mol. The van der Waals surface area contributed by atoms with Gasteiger partial charge in [-0.25, -0.2) is 13.8 Å². The molecular formula is C11H10ClF5N2S. The molecule has 0 radical (unpaired) electrons. The van der Waals surface area contributed by atoms with Crippen LogP contribution in [-0.2, 0) is 0 Å². The van der Waals surface area contributed by atoms with Crippen molar-refractivity contribution in [1.82, 2.24) is 0 Å². The number of nitrogens with two attached hydrogens (primary N) is 1. The van der Waals surface area contributed by atoms with E-state index in [1.165, 1.54) is 12.1 Å². The Labute approximate surface area is 121 Å². The molecule has 0 amide bonds. The fraction of sp³-hybridized carbons (Fsp3) is 0.364. The van der Waals surface area contributed by atoms with Crippen molar-refractivity contribution >= 4 is 34.9 Å². The molecule has 2 nitrogen and oxygen atoms in total. The number of benzene rings is 1. The SMILES string of the molecule is Cc1cc(Cl)c(/N=C(\N)C(F)F)cc1SCC(F)(F)F. The molecule has 0 saturated heterocycles. The summed E-state index contributed by atoms with van der Waals surface area (Å²) in [7, 11) is 0. The number of aryl methyl sites for hydroxylation is 1. The Bertz CT molecular complexity index is 516. The molecule has 0 aliphatic heterocycles. The lowest BCUT2D eigenvalue weighted by Gasteiger charge is -2.10. The highest BCUT2D eigenvalue weighted by molar-refractivity contribution is 7.99. The molecule has 0 aliphatic carbocycles. The van der Waals surface area contributed by atoms with E-state index in [0.717, 1.165) is 0 Å². The fourth-order valence-corrected chi connectivity index (χ4v) is 2.29. The van der Waals surface area contributed by atoms with Gasteiger partial charge < -0.3 is 5.73 Å². The first-order valence-corrected chi connectivity index (χ1v) is 6.58. The Morgan fingerprint density at radius 3 is 2.50 bits per heavy atom. The third kappa shape index (κ3) is 5.16. The van der Waals surface area contributed by atoms with Crippen LogP contribution in [0.2, 0.25) is 5.02 Å². The number of thioether (sulfide) groups is 1. The standard InChI is InChI=1S/C11H10ClF5N2S/c1-5-2-6(12)7(19-10(18)9(13)14)3-8(5)20-4-11(15,16)17/h2-3,9H,4H2,1H3,(H2,18,19). The normalized spacial score (nSPS) is 13.1. The third-order valence-corrected chi connectivity index (χ3v) is 3.63. The van der Waals surface area contributed by atoms with E-state index in [0.29, 0.717) is 17.3 Å². The molecule has 0 atom stereocenters. The van der Waals surface area contributed by atoms with Crippen molar-refractivity contribution in [2.24, 2.45) is 10.7 Å². The Morgan fingerprint density at radius 2 is 2.00 bits per heavy atom. The van der Waals surface area contributed by atoms with Gasteiger partial charge >= 0.3 is 6.18 Å². The van der Waals surface area contributed by atoms with Gasteiger partial charge in [0.25, 0.3) is 6.43 Å². The first kappa shape index (κ1) is 17.0. The molecule has 20 heavy (non-hydrogen) atoms. The summed E-state index contributed by atoms with van der Waals surface area (Å²) in [6.07, 6.45) is -7.29. The van der Waals surface area contributed by atoms with Crippen LogP contribution in [-0.4, -0.2) is 24.2 Å². The zero-order valence-corrected chi connectivity index (χ0v) is 11.7. The zero-order valence-electron chi connectivity index (χ0n) is 10.1. The number of amidine groups is 1. The molecular weight excluding hydrogens is 323 g/mol. The molecule has 0 heterocycles. The van der Waals surface area contributed by atoms with Crippen molar-refractivity contribution in [2.45, 2.75) is 24.4 Å². The fourth-order valence-electron chi connectivity index (χ4n) is 1.23. The monoisotopic (exact) mass is 332 g/mol. The Hall–Kier alpha value is -1.02. The molecule has 2 N–H and O–H groups in total. The van der Waals surface area contributed by atoms with Gasteiger partial charge in [0, 0.05) is 4.90 Å². The number of nitrogens with zero attached hydrogens (tertiary/aromatic N) is 1. The summed E-state index contributed by atoms with van der Waals surface area (Å²) >= 11 is 6.33. The number of alkyl halides is 5. The van der Waals surface area contributed by atoms with Gasteiger partial charge in [0.05, 0.1) is 16.5 Å². The summed E-state index contributed by atoms with van der Waals surface area (Å²) < 4.78 is 61.1. The number of rotatable bonds is 4. The molecule has 1 rings (SSSR count). The van der Waals surface area contributed by atoms with Crippen LogP contribution in [0.5, 0.6) is 0 Å². The molecule has 0 saturated carbocycles. The van der Waals surface area contributed by atoms with Crippen molar-refractivity contribution in [1.29, 1.82) is 0 Å². The second-order valence-corrected chi connectivity index (χ2v) is 5.23. The predicted molar refractivity (Wildman–Crippen MR) is 70.3 cm³/mol. The van der Waals surface area contributed by atoms with Crippen molar-refractivity contribution < 1.29 is 22.0 Å². The summed E-state index contributed by atoms with van der Waals surface area (Å²) in [6.45, 7) is 1.56. The van der Waals surface area contributed by atoms with Gasteiger partial charge in [-0.05, 0) is 24.6 Å². The second-order valence-electron chi connectivity index (χ2n) is 3.81. The van der Waals surface area contributed by atoms with Gasteiger partial charge in [-0.1, -0.05) is 11.6 Å². The van der Waals surface area contributed by atoms with Gasteiger partial charge in [-0.15, -0.1) is 11.8 Å². The van der Waals surface area contributed by atoms with Gasteiger partial charge in [0.2, 0.25) is 0 Å². The highest BCUT2D eigenvalue weighted by Gasteiger charge is 2.27. The smallest absolute Gasteiger partial charge is 0.382 e. The van der Waals surface area contributed by atoms with Crippen LogP contribution >= 0.6 is 23.4 Å². The maximum Gasteiger partial charge on any atom is 0.398 e. The van der Waals surface area contributed by atoms with Crippen LogP contribution in [0.1, 0.15) is 5.56 Å². The quantitative estimate of drug-likeness (QED) is 0.380. The number of hydrogen-bond donors (Lipinski definition) is 1. The van der Waals surface area contributed by atoms with Crippen LogP contribution in [0.15, 0.2) is 22.0 Å². The minimum atomic E-state index is -4.33. The summed E-state index contributed by atoms with van der Waals surface area (Å²) in [5.41, 5.74) is 5.42. The second kappa shape index (κ2) is 6.62. The minimum Gasteiger partial charge on any atom is -0.382 e. The molecule has 0 aliphatic rings. The number of hydrogen-bond acceptors (Lipinski definition) is 2. The highest BCUT2D eigenvalue weighted by atomic mass is 35.5. The van der Waals surface area contributed by atoms with Gasteiger partial charge in [-0.2, -0.15) is 13.2 Å². The maximum atomic E-state index is 12.3. The average Bonchev–Trinajstić information content (AvgIpc) is 2.29. The van der Waals surface area contributed by atoms with E-state index in [4.69, 9.17) is 17.3 Å². The number of halogens is 6. The Kier molecular flexibility index (Phi) is 5.64. The molecule has 9 heteroatoms. The molecule has 112 valence electrons. The summed E-state index contributed by atoms with van der Waals surface area (Å²) in [6, 6.07) is 2.57. The Balaban J connectivity index is 3.07. The van der Waals surface area contributed by atoms with Crippen molar-refractivity contribution in [3.63, 3.8) is 0 Å². The Morgan fingerprint density at radius 1 is 1.40 bits per heavy atom. The van der Waals surface area contributed by atoms with Crippen LogP contribution in [0.4, 0.5) is 27.6 Å². The van der Waals surface area contributed by atoms with Crippen molar-refractivity contribution in [3.05, 3.63) is 22.7 Å². The molecule has 0 fully saturated rings. The summed E-state index contributed by atoms with van der Waals surface area (Å²) in [4.78, 5) is 3.68. The van der Waals surface area contributed by atoms with Crippen molar-refractivity contribution in [3.8, 4) is 0 Å². The number of aliphatic imine (C=N–C) groups is 1. The minimum absolute atomic E-state index is 0.0439. The largest absolute Gasteiger partial charge is 0.398 e. The molecule has 0 aromatic heterocycles. The molecule has 0 unspecified atom stereocenters. The lowest BCUT2D eigenvalue weighted by Crippen LogP contribution is -2.20. The van der Waals surface area contributed by atoms with E-state index < -0.39 is 24.2 Å². The summed E-state index contributed by atoms with van der Waals surface area (Å²) in [5, 5.41) is 0.0439. The first-order valence-electron chi connectivity index (χ1n) is 5.22. The molecule has 0 bridgehead atoms. The summed E-state index contributed by atoms with van der Waals surface area (Å²) in [5.74, 6) is -2.04. The van der Waals surface area contributed by atoms with E-state index >= 15 is 0 Å². The topological polar surface area (TPSA) is 38.4 Å². The van der Waals surface area contributed by atoms with E-state index in [9.17, 15) is 22.0 Å². The van der Waals surface area contributed by atoms with Gasteiger partial charge in [0.15, 0.2) is 5.84 Å². The lowest BCUT2D eigenvalue weighted by atomic mass is 10.2. The van der Waals surface area contributed by atoms with Crippen LogP contribution in [0, 0.1) is 6.92 Å². The third-order valence-electron chi connectivity index (χ3n) is 2.11. The van der Waals surface area contributed by atoms with Gasteiger partial charge in [0.1, 0.15) is 0 Å². The highest BCUT2D eigenvalue weighted by Crippen LogP contribution is 2.36. The molecule has 1 aromatic rings. The van der Waals surface area contributed by atoms with Gasteiger partial charge in [-0.3, -0.25) is 0 Å². The van der Waals surface area contributed by atoms with Crippen LogP contribution < -0.4 is 5.73 Å². The molecule has 0 spiro atoms. The van der Waals surface area contributed by atoms with Crippen molar-refractivity contribution in [2.75, 3.05) is 5.75 Å². The van der Waals surface area contributed by atoms with E-state index in [2.05, 4.69) is 4.99 Å². The maximum absolute atomic E-state index is 12.3. The predicted octanol–water partition coefficient (Wildman–Crippen LogP) is 4.56. The van der Waals surface area contributed by atoms with E-state index in [-0.39, 0.29) is 15.6 Å². The van der Waals surface area contributed by atoms with Crippen LogP contribution in [0.3, 0.4) is 0 Å². The first-order chi connectivity index (χ1) is 9.10.